The topological polar surface area (TPSA) is 116 Å². The number of piperidine rings is 1. The molecule has 0 unspecified atom stereocenters. The first kappa shape index (κ1) is 25.6. The Hall–Kier alpha value is -2.67. The summed E-state index contributed by atoms with van der Waals surface area (Å²) in [6.45, 7) is -0.177. The first-order valence-electron chi connectivity index (χ1n) is 9.08. The Bertz CT molecular complexity index is 1050. The Morgan fingerprint density at radius 2 is 1.62 bits per heavy atom. The number of hydrogen-bond donors (Lipinski definition) is 3. The first-order valence-corrected chi connectivity index (χ1v) is 10.5. The van der Waals surface area contributed by atoms with Crippen molar-refractivity contribution in [3.63, 3.8) is 0 Å². The molecule has 1 amide bonds. The zero-order valence-corrected chi connectivity index (χ0v) is 16.8. The first-order chi connectivity index (χ1) is 14.5. The van der Waals surface area contributed by atoms with E-state index in [1.165, 1.54) is 41.9 Å². The van der Waals surface area contributed by atoms with Gasteiger partial charge in [0.2, 0.25) is 10.0 Å². The number of ether oxygens (including phenoxy) is 1. The molecule has 32 heavy (non-hydrogen) atoms. The van der Waals surface area contributed by atoms with Gasteiger partial charge in [0.15, 0.2) is 0 Å². The zero-order valence-electron chi connectivity index (χ0n) is 16.0. The van der Waals surface area contributed by atoms with Gasteiger partial charge in [0.25, 0.3) is 5.91 Å². The maximum atomic E-state index is 13.0. The van der Waals surface area contributed by atoms with Crippen LogP contribution in [0, 0.1) is 0 Å². The minimum absolute atomic E-state index is 0. The summed E-state index contributed by atoms with van der Waals surface area (Å²) in [6, 6.07) is 10.1. The molecule has 0 aromatic heterocycles. The van der Waals surface area contributed by atoms with Crippen molar-refractivity contribution in [2.75, 3.05) is 13.1 Å². The van der Waals surface area contributed by atoms with Crippen LogP contribution in [0.15, 0.2) is 53.4 Å². The summed E-state index contributed by atoms with van der Waals surface area (Å²) in [4.78, 5) is 11.5. The molecule has 12 heteroatoms. The molecule has 8 nitrogen and oxygen atoms in total. The summed E-state index contributed by atoms with van der Waals surface area (Å²) in [5.74, 6) is -1.41. The molecule has 1 fully saturated rings. The van der Waals surface area contributed by atoms with E-state index < -0.39 is 33.6 Å². The lowest BCUT2D eigenvalue weighted by Gasteiger charge is -2.38. The van der Waals surface area contributed by atoms with Gasteiger partial charge in [0, 0.05) is 13.1 Å². The predicted octanol–water partition coefficient (Wildman–Crippen LogP) is 3.01. The van der Waals surface area contributed by atoms with Gasteiger partial charge in [-0.15, -0.1) is 13.2 Å². The standard InChI is InChI=1S/C19H19F3N2O6S.CH4/c20-19(21,22)30-14-7-5-13(6-8-14)18(26)9-11-24(12-10-18)31(28,29)16-4-2-1-3-15(16)17(25)23-27;/h1-8,26-27H,9-12H2,(H,23,25);1H4. The Balaban J connectivity index is 0.00000363. The lowest BCUT2D eigenvalue weighted by Crippen LogP contribution is -2.45. The van der Waals surface area contributed by atoms with Gasteiger partial charge >= 0.3 is 6.36 Å². The molecular formula is C20H23F3N2O6S. The van der Waals surface area contributed by atoms with Crippen molar-refractivity contribution in [2.24, 2.45) is 0 Å². The molecule has 0 radical (unpaired) electrons. The van der Waals surface area contributed by atoms with Crippen molar-refractivity contribution < 1.29 is 41.4 Å². The van der Waals surface area contributed by atoms with Crippen LogP contribution < -0.4 is 10.2 Å². The Morgan fingerprint density at radius 1 is 1.06 bits per heavy atom. The fourth-order valence-corrected chi connectivity index (χ4v) is 5.06. The quantitative estimate of drug-likeness (QED) is 0.451. The maximum absolute atomic E-state index is 13.0. The van der Waals surface area contributed by atoms with Crippen LogP contribution in [0.5, 0.6) is 5.75 Å². The highest BCUT2D eigenvalue weighted by molar-refractivity contribution is 7.89. The number of benzene rings is 2. The normalized spacial score (nSPS) is 16.7. The van der Waals surface area contributed by atoms with E-state index >= 15 is 0 Å². The Labute approximate surface area is 183 Å². The second-order valence-corrected chi connectivity index (χ2v) is 8.85. The van der Waals surface area contributed by atoms with E-state index in [1.807, 2.05) is 0 Å². The zero-order chi connectivity index (χ0) is 22.9. The summed E-state index contributed by atoms with van der Waals surface area (Å²) in [7, 11) is -4.10. The highest BCUT2D eigenvalue weighted by Crippen LogP contribution is 2.36. The molecule has 2 aromatic carbocycles. The number of hydrogen-bond acceptors (Lipinski definition) is 6. The highest BCUT2D eigenvalue weighted by atomic mass is 32.2. The van der Waals surface area contributed by atoms with Crippen LogP contribution in [0.3, 0.4) is 0 Å². The molecule has 0 bridgehead atoms. The molecule has 3 rings (SSSR count). The van der Waals surface area contributed by atoms with Crippen molar-refractivity contribution in [1.82, 2.24) is 9.79 Å². The molecule has 176 valence electrons. The maximum Gasteiger partial charge on any atom is 0.573 e. The van der Waals surface area contributed by atoms with E-state index in [0.717, 1.165) is 16.4 Å². The number of alkyl halides is 3. The van der Waals surface area contributed by atoms with E-state index in [2.05, 4.69) is 4.74 Å². The van der Waals surface area contributed by atoms with Gasteiger partial charge in [0.05, 0.1) is 16.1 Å². The summed E-state index contributed by atoms with van der Waals surface area (Å²) in [6.07, 6.45) is -4.86. The van der Waals surface area contributed by atoms with Crippen LogP contribution in [-0.4, -0.2) is 48.4 Å². The third-order valence-electron chi connectivity index (χ3n) is 5.03. The SMILES string of the molecule is C.O=C(NO)c1ccccc1S(=O)(=O)N1CCC(O)(c2ccc(OC(F)(F)F)cc2)CC1. The number of hydroxylamine groups is 1. The van der Waals surface area contributed by atoms with Gasteiger partial charge in [-0.2, -0.15) is 4.31 Å². The minimum Gasteiger partial charge on any atom is -0.406 e. The lowest BCUT2D eigenvalue weighted by molar-refractivity contribution is -0.274. The molecule has 0 spiro atoms. The molecule has 0 aliphatic carbocycles. The molecule has 2 aromatic rings. The van der Waals surface area contributed by atoms with Crippen molar-refractivity contribution in [2.45, 2.75) is 37.1 Å². The van der Waals surface area contributed by atoms with Crippen LogP contribution in [-0.2, 0) is 15.6 Å². The second-order valence-electron chi connectivity index (χ2n) is 6.94. The smallest absolute Gasteiger partial charge is 0.406 e. The van der Waals surface area contributed by atoms with E-state index in [1.54, 1.807) is 0 Å². The number of nitrogens with one attached hydrogen (secondary N) is 1. The summed E-state index contributed by atoms with van der Waals surface area (Å²) in [5.41, 5.74) is 0.0697. The monoisotopic (exact) mass is 476 g/mol. The molecule has 1 heterocycles. The summed E-state index contributed by atoms with van der Waals surface area (Å²) >= 11 is 0. The molecule has 0 atom stereocenters. The van der Waals surface area contributed by atoms with Gasteiger partial charge < -0.3 is 9.84 Å². The number of rotatable bonds is 5. The fourth-order valence-electron chi connectivity index (χ4n) is 3.43. The summed E-state index contributed by atoms with van der Waals surface area (Å²) < 4.78 is 67.8. The number of halogens is 3. The number of amides is 1. The highest BCUT2D eigenvalue weighted by Gasteiger charge is 2.39. The van der Waals surface area contributed by atoms with Crippen LogP contribution in [0.25, 0.3) is 0 Å². The number of nitrogens with zero attached hydrogens (tertiary/aromatic N) is 1. The number of carbonyl (C=O) groups is 1. The summed E-state index contributed by atoms with van der Waals surface area (Å²) in [5, 5.41) is 19.8. The minimum atomic E-state index is -4.83. The van der Waals surface area contributed by atoms with Gasteiger partial charge in [-0.3, -0.25) is 10.0 Å². The van der Waals surface area contributed by atoms with E-state index in [0.29, 0.717) is 5.56 Å². The third-order valence-corrected chi connectivity index (χ3v) is 6.98. The average molecular weight is 476 g/mol. The predicted molar refractivity (Wildman–Crippen MR) is 107 cm³/mol. The van der Waals surface area contributed by atoms with Crippen LogP contribution >= 0.6 is 0 Å². The van der Waals surface area contributed by atoms with Gasteiger partial charge in [-0.05, 0) is 42.7 Å². The van der Waals surface area contributed by atoms with Crippen molar-refractivity contribution in [3.8, 4) is 5.75 Å². The van der Waals surface area contributed by atoms with Gasteiger partial charge in [-0.1, -0.05) is 31.7 Å². The van der Waals surface area contributed by atoms with Crippen LogP contribution in [0.2, 0.25) is 0 Å². The Kier molecular flexibility index (Phi) is 7.55. The fraction of sp³-hybridized carbons (Fsp3) is 0.350. The number of aliphatic hydroxyl groups is 1. The number of sulfonamides is 1. The molecule has 0 saturated carbocycles. The molecular weight excluding hydrogens is 453 g/mol. The van der Waals surface area contributed by atoms with E-state index in [9.17, 15) is 31.5 Å². The molecule has 1 saturated heterocycles. The molecule has 1 aliphatic heterocycles. The van der Waals surface area contributed by atoms with Crippen molar-refractivity contribution in [3.05, 3.63) is 59.7 Å². The van der Waals surface area contributed by atoms with E-state index in [-0.39, 0.29) is 43.8 Å². The third kappa shape index (κ3) is 5.38. The van der Waals surface area contributed by atoms with Gasteiger partial charge in [-0.25, -0.2) is 13.9 Å². The molecule has 1 aliphatic rings. The van der Waals surface area contributed by atoms with Crippen LogP contribution in [0.4, 0.5) is 13.2 Å². The van der Waals surface area contributed by atoms with Crippen molar-refractivity contribution >= 4 is 15.9 Å². The lowest BCUT2D eigenvalue weighted by atomic mass is 9.85. The average Bonchev–Trinajstić information content (AvgIpc) is 2.73. The Morgan fingerprint density at radius 3 is 2.16 bits per heavy atom. The second kappa shape index (κ2) is 9.45. The van der Waals surface area contributed by atoms with Crippen LogP contribution in [0.1, 0.15) is 36.2 Å². The van der Waals surface area contributed by atoms with E-state index in [4.69, 9.17) is 5.21 Å². The largest absolute Gasteiger partial charge is 0.573 e. The van der Waals surface area contributed by atoms with Gasteiger partial charge in [0.1, 0.15) is 5.75 Å². The number of carbonyl (C=O) groups excluding carboxylic acids is 1. The van der Waals surface area contributed by atoms with Crippen molar-refractivity contribution in [1.29, 1.82) is 0 Å². The molecule has 3 N–H and O–H groups in total.